The summed E-state index contributed by atoms with van der Waals surface area (Å²) >= 11 is 0. The van der Waals surface area contributed by atoms with Crippen molar-refractivity contribution in [3.63, 3.8) is 0 Å². The Labute approximate surface area is 150 Å². The fourth-order valence-electron chi connectivity index (χ4n) is 3.54. The minimum absolute atomic E-state index is 0.163. The molecule has 132 valence electrons. The van der Waals surface area contributed by atoms with E-state index in [1.165, 1.54) is 11.1 Å². The van der Waals surface area contributed by atoms with Crippen LogP contribution in [-0.2, 0) is 11.2 Å². The second kappa shape index (κ2) is 5.78. The van der Waals surface area contributed by atoms with Crippen LogP contribution in [0.3, 0.4) is 0 Å². The molecule has 3 aromatic rings. The lowest BCUT2D eigenvalue weighted by molar-refractivity contribution is 0.0492. The van der Waals surface area contributed by atoms with Crippen molar-refractivity contribution in [2.75, 3.05) is 27.8 Å². The van der Waals surface area contributed by atoms with E-state index in [-0.39, 0.29) is 13.6 Å². The van der Waals surface area contributed by atoms with Crippen molar-refractivity contribution >= 4 is 10.9 Å². The molecule has 0 bridgehead atoms. The van der Waals surface area contributed by atoms with Crippen molar-refractivity contribution in [1.82, 2.24) is 4.98 Å². The van der Waals surface area contributed by atoms with Gasteiger partial charge in [-0.2, -0.15) is 0 Å². The second-order valence-corrected chi connectivity index (χ2v) is 6.28. The number of fused-ring (bicyclic) bond motifs is 5. The minimum atomic E-state index is 0.163. The van der Waals surface area contributed by atoms with Gasteiger partial charge in [-0.25, -0.2) is 4.98 Å². The normalized spacial score (nSPS) is 13.6. The predicted octanol–water partition coefficient (Wildman–Crippen LogP) is 3.53. The Morgan fingerprint density at radius 1 is 0.962 bits per heavy atom. The van der Waals surface area contributed by atoms with Crippen LogP contribution < -0.4 is 18.9 Å². The van der Waals surface area contributed by atoms with Crippen LogP contribution in [0.25, 0.3) is 22.2 Å². The molecule has 26 heavy (non-hydrogen) atoms. The summed E-state index contributed by atoms with van der Waals surface area (Å²) in [5, 5.41) is 1.05. The maximum Gasteiger partial charge on any atom is 0.231 e. The smallest absolute Gasteiger partial charge is 0.231 e. The number of aromatic nitrogens is 1. The predicted molar refractivity (Wildman–Crippen MR) is 95.2 cm³/mol. The summed E-state index contributed by atoms with van der Waals surface area (Å²) in [5.41, 5.74) is 5.26. The van der Waals surface area contributed by atoms with Crippen molar-refractivity contribution in [2.24, 2.45) is 0 Å². The molecular weight excluding hydrogens is 334 g/mol. The number of hydrogen-bond donors (Lipinski definition) is 0. The Balaban J connectivity index is 1.65. The van der Waals surface area contributed by atoms with Crippen LogP contribution in [0.15, 0.2) is 30.3 Å². The average Bonchev–Trinajstić information content (AvgIpc) is 3.24. The lowest BCUT2D eigenvalue weighted by Gasteiger charge is -2.12. The Bertz CT molecular complexity index is 1030. The van der Waals surface area contributed by atoms with Gasteiger partial charge in [-0.05, 0) is 35.4 Å². The molecule has 0 amide bonds. The SMILES string of the molecule is COCOc1cc2c(cc1OC)Cc1cc3cc4c(cc3nc1-2)OCO4. The molecule has 0 unspecified atom stereocenters. The number of pyridine rings is 1. The van der Waals surface area contributed by atoms with E-state index >= 15 is 0 Å². The van der Waals surface area contributed by atoms with Gasteiger partial charge in [0.2, 0.25) is 6.79 Å². The number of ether oxygens (including phenoxy) is 5. The third-order valence-electron chi connectivity index (χ3n) is 4.75. The first kappa shape index (κ1) is 15.3. The van der Waals surface area contributed by atoms with E-state index in [9.17, 15) is 0 Å². The van der Waals surface area contributed by atoms with Crippen LogP contribution in [0, 0.1) is 0 Å². The third kappa shape index (κ3) is 2.26. The molecule has 1 aromatic heterocycles. The van der Waals surface area contributed by atoms with Gasteiger partial charge >= 0.3 is 0 Å². The molecular formula is C20H17NO5. The zero-order chi connectivity index (χ0) is 17.7. The van der Waals surface area contributed by atoms with E-state index in [0.717, 1.165) is 40.1 Å². The van der Waals surface area contributed by atoms with Crippen LogP contribution in [0.5, 0.6) is 23.0 Å². The first-order chi connectivity index (χ1) is 12.8. The summed E-state index contributed by atoms with van der Waals surface area (Å²) in [6.45, 7) is 0.421. The van der Waals surface area contributed by atoms with Crippen LogP contribution >= 0.6 is 0 Å². The van der Waals surface area contributed by atoms with E-state index in [0.29, 0.717) is 11.5 Å². The van der Waals surface area contributed by atoms with Gasteiger partial charge in [-0.3, -0.25) is 0 Å². The molecule has 1 aliphatic carbocycles. The fourth-order valence-corrected chi connectivity index (χ4v) is 3.54. The number of rotatable bonds is 4. The van der Waals surface area contributed by atoms with Crippen molar-refractivity contribution in [1.29, 1.82) is 0 Å². The minimum Gasteiger partial charge on any atom is -0.493 e. The van der Waals surface area contributed by atoms with E-state index in [4.69, 9.17) is 28.7 Å². The number of nitrogens with zero attached hydrogens (tertiary/aromatic N) is 1. The quantitative estimate of drug-likeness (QED) is 0.524. The molecule has 0 atom stereocenters. The lowest BCUT2D eigenvalue weighted by atomic mass is 10.1. The fraction of sp³-hybridized carbons (Fsp3) is 0.250. The number of methoxy groups -OCH3 is 2. The van der Waals surface area contributed by atoms with Crippen molar-refractivity contribution in [3.8, 4) is 34.3 Å². The first-order valence-corrected chi connectivity index (χ1v) is 8.33. The summed E-state index contributed by atoms with van der Waals surface area (Å²) in [4.78, 5) is 4.89. The average molecular weight is 351 g/mol. The maximum absolute atomic E-state index is 5.65. The highest BCUT2D eigenvalue weighted by atomic mass is 16.7. The molecule has 0 fully saturated rings. The van der Waals surface area contributed by atoms with Crippen LogP contribution in [-0.4, -0.2) is 32.8 Å². The summed E-state index contributed by atoms with van der Waals surface area (Å²) in [6.07, 6.45) is 0.808. The van der Waals surface area contributed by atoms with Gasteiger partial charge in [-0.15, -0.1) is 0 Å². The van der Waals surface area contributed by atoms with E-state index in [1.54, 1.807) is 14.2 Å². The highest BCUT2D eigenvalue weighted by Gasteiger charge is 2.25. The van der Waals surface area contributed by atoms with Crippen molar-refractivity contribution < 1.29 is 23.7 Å². The molecule has 2 heterocycles. The number of benzene rings is 2. The van der Waals surface area contributed by atoms with Crippen molar-refractivity contribution in [2.45, 2.75) is 6.42 Å². The highest BCUT2D eigenvalue weighted by molar-refractivity contribution is 5.89. The molecule has 2 aromatic carbocycles. The maximum atomic E-state index is 5.65. The summed E-state index contributed by atoms with van der Waals surface area (Å²) < 4.78 is 27.1. The topological polar surface area (TPSA) is 59.0 Å². The Morgan fingerprint density at radius 2 is 1.81 bits per heavy atom. The van der Waals surface area contributed by atoms with Gasteiger partial charge in [0.15, 0.2) is 29.8 Å². The monoisotopic (exact) mass is 351 g/mol. The van der Waals surface area contributed by atoms with Gasteiger partial charge in [-0.1, -0.05) is 0 Å². The van der Waals surface area contributed by atoms with Gasteiger partial charge in [0.25, 0.3) is 0 Å². The largest absolute Gasteiger partial charge is 0.493 e. The van der Waals surface area contributed by atoms with E-state index < -0.39 is 0 Å². The molecule has 0 radical (unpaired) electrons. The summed E-state index contributed by atoms with van der Waals surface area (Å²) in [6, 6.07) is 10.1. The molecule has 6 nitrogen and oxygen atoms in total. The van der Waals surface area contributed by atoms with Gasteiger partial charge in [0.05, 0.1) is 18.3 Å². The van der Waals surface area contributed by atoms with Gasteiger partial charge in [0, 0.05) is 30.5 Å². The molecule has 0 saturated carbocycles. The Hall–Kier alpha value is -2.99. The molecule has 6 heteroatoms. The second-order valence-electron chi connectivity index (χ2n) is 6.28. The molecule has 0 spiro atoms. The lowest BCUT2D eigenvalue weighted by Crippen LogP contribution is -2.01. The zero-order valence-corrected chi connectivity index (χ0v) is 14.5. The zero-order valence-electron chi connectivity index (χ0n) is 14.5. The standard InChI is InChI=1S/C20H17NO5/c1-22-9-24-18-7-14-11(5-16(18)23-2)3-13-4-12-6-17-19(26-10-25-17)8-15(12)21-20(13)14/h4-8H,3,9-10H2,1-2H3. The van der Waals surface area contributed by atoms with E-state index in [2.05, 4.69) is 6.07 Å². The molecule has 0 N–H and O–H groups in total. The van der Waals surface area contributed by atoms with Gasteiger partial charge in [0.1, 0.15) is 0 Å². The third-order valence-corrected chi connectivity index (χ3v) is 4.75. The van der Waals surface area contributed by atoms with Crippen LogP contribution in [0.4, 0.5) is 0 Å². The molecule has 2 aliphatic rings. The Kier molecular flexibility index (Phi) is 3.39. The highest BCUT2D eigenvalue weighted by Crippen LogP contribution is 2.44. The first-order valence-electron chi connectivity index (χ1n) is 8.33. The molecule has 0 saturated heterocycles. The van der Waals surface area contributed by atoms with Crippen molar-refractivity contribution in [3.05, 3.63) is 41.5 Å². The summed E-state index contributed by atoms with van der Waals surface area (Å²) in [5.74, 6) is 2.85. The number of hydrogen-bond acceptors (Lipinski definition) is 6. The van der Waals surface area contributed by atoms with Crippen LogP contribution in [0.1, 0.15) is 11.1 Å². The molecule has 1 aliphatic heterocycles. The summed E-state index contributed by atoms with van der Waals surface area (Å²) in [7, 11) is 3.23. The van der Waals surface area contributed by atoms with Crippen LogP contribution in [0.2, 0.25) is 0 Å². The van der Waals surface area contributed by atoms with E-state index in [1.807, 2.05) is 24.3 Å². The van der Waals surface area contributed by atoms with Gasteiger partial charge < -0.3 is 23.7 Å². The molecule has 5 rings (SSSR count). The Morgan fingerprint density at radius 3 is 2.62 bits per heavy atom.